The topological polar surface area (TPSA) is 122 Å². The summed E-state index contributed by atoms with van der Waals surface area (Å²) < 4.78 is 9.93. The Morgan fingerprint density at radius 1 is 1.23 bits per heavy atom. The van der Waals surface area contributed by atoms with Crippen LogP contribution in [0.1, 0.15) is 29.6 Å². The highest BCUT2D eigenvalue weighted by Gasteiger charge is 2.34. The molecule has 9 heteroatoms. The van der Waals surface area contributed by atoms with Gasteiger partial charge in [0.2, 0.25) is 0 Å². The summed E-state index contributed by atoms with van der Waals surface area (Å²) in [6, 6.07) is 4.68. The summed E-state index contributed by atoms with van der Waals surface area (Å²) in [7, 11) is 0. The van der Waals surface area contributed by atoms with Crippen molar-refractivity contribution < 1.29 is 23.5 Å². The van der Waals surface area contributed by atoms with Crippen LogP contribution in [-0.2, 0) is 14.3 Å². The van der Waals surface area contributed by atoms with Crippen molar-refractivity contribution in [1.29, 1.82) is 0 Å². The smallest absolute Gasteiger partial charge is 0.417 e. The van der Waals surface area contributed by atoms with E-state index in [-0.39, 0.29) is 30.2 Å². The van der Waals surface area contributed by atoms with Crippen LogP contribution in [0.25, 0.3) is 11.1 Å². The first kappa shape index (κ1) is 16.4. The second-order valence-corrected chi connectivity index (χ2v) is 6.46. The third kappa shape index (κ3) is 2.96. The van der Waals surface area contributed by atoms with Crippen LogP contribution in [0.3, 0.4) is 0 Å². The van der Waals surface area contributed by atoms with Gasteiger partial charge in [-0.15, -0.1) is 0 Å². The summed E-state index contributed by atoms with van der Waals surface area (Å²) in [5.74, 6) is -1.54. The molecule has 4 rings (SSSR count). The number of carbonyl (C=O) groups excluding carboxylic acids is 3. The average Bonchev–Trinajstić information content (AvgIpc) is 3.32. The molecule has 136 valence electrons. The zero-order valence-electron chi connectivity index (χ0n) is 13.8. The predicted octanol–water partition coefficient (Wildman–Crippen LogP) is 0.157. The number of para-hydroxylation sites is 1. The van der Waals surface area contributed by atoms with Crippen molar-refractivity contribution in [3.05, 3.63) is 34.3 Å². The summed E-state index contributed by atoms with van der Waals surface area (Å²) in [6.07, 6.45) is 0.503. The van der Waals surface area contributed by atoms with E-state index in [0.717, 1.165) is 0 Å². The maximum atomic E-state index is 12.8. The SMILES string of the molecule is O=C1CC[C@H](C(=O)N[C@@H]2CCN(C(=O)c3cccc4oc(=O)[nH]c34)C2)O1. The highest BCUT2D eigenvalue weighted by atomic mass is 16.6. The molecule has 0 saturated carbocycles. The van der Waals surface area contributed by atoms with E-state index >= 15 is 0 Å². The standard InChI is InChI=1S/C17H17N3O6/c21-13-5-4-12(25-13)15(22)18-9-6-7-20(8-9)16(23)10-2-1-3-11-14(10)19-17(24)26-11/h1-3,9,12H,4-8H2,(H,18,22)(H,19,24)/t9-,12-/m1/s1. The lowest BCUT2D eigenvalue weighted by Crippen LogP contribution is -2.43. The Morgan fingerprint density at radius 2 is 2.08 bits per heavy atom. The van der Waals surface area contributed by atoms with Gasteiger partial charge >= 0.3 is 11.7 Å². The molecule has 2 atom stereocenters. The van der Waals surface area contributed by atoms with E-state index in [1.807, 2.05) is 0 Å². The van der Waals surface area contributed by atoms with Gasteiger partial charge in [-0.2, -0.15) is 0 Å². The molecule has 1 aromatic heterocycles. The number of hydrogen-bond donors (Lipinski definition) is 2. The van der Waals surface area contributed by atoms with Crippen molar-refractivity contribution in [3.63, 3.8) is 0 Å². The molecule has 2 saturated heterocycles. The van der Waals surface area contributed by atoms with Gasteiger partial charge in [0.05, 0.1) is 11.1 Å². The zero-order chi connectivity index (χ0) is 18.3. The minimum Gasteiger partial charge on any atom is -0.452 e. The molecule has 9 nitrogen and oxygen atoms in total. The molecule has 2 amide bonds. The molecular weight excluding hydrogens is 342 g/mol. The van der Waals surface area contributed by atoms with Crippen molar-refractivity contribution in [2.75, 3.05) is 13.1 Å². The fraction of sp³-hybridized carbons (Fsp3) is 0.412. The first-order chi connectivity index (χ1) is 12.5. The molecule has 0 radical (unpaired) electrons. The fourth-order valence-corrected chi connectivity index (χ4v) is 3.39. The Kier molecular flexibility index (Phi) is 3.98. The van der Waals surface area contributed by atoms with Gasteiger partial charge in [0.1, 0.15) is 0 Å². The van der Waals surface area contributed by atoms with Crippen molar-refractivity contribution in [1.82, 2.24) is 15.2 Å². The number of likely N-dealkylation sites (tertiary alicyclic amines) is 1. The van der Waals surface area contributed by atoms with Gasteiger partial charge in [0.15, 0.2) is 11.7 Å². The molecule has 0 spiro atoms. The summed E-state index contributed by atoms with van der Waals surface area (Å²) >= 11 is 0. The lowest BCUT2D eigenvalue weighted by atomic mass is 10.1. The number of oxazole rings is 1. The predicted molar refractivity (Wildman–Crippen MR) is 88.4 cm³/mol. The summed E-state index contributed by atoms with van der Waals surface area (Å²) in [5, 5.41) is 2.83. The van der Waals surface area contributed by atoms with E-state index in [4.69, 9.17) is 9.15 Å². The number of esters is 1. The maximum Gasteiger partial charge on any atom is 0.417 e. The summed E-state index contributed by atoms with van der Waals surface area (Å²) in [5.41, 5.74) is 1.05. The summed E-state index contributed by atoms with van der Waals surface area (Å²) in [6.45, 7) is 0.830. The second-order valence-electron chi connectivity index (χ2n) is 6.46. The molecule has 3 heterocycles. The van der Waals surface area contributed by atoms with Gasteiger partial charge in [-0.3, -0.25) is 19.4 Å². The van der Waals surface area contributed by atoms with Crippen LogP contribution in [0.2, 0.25) is 0 Å². The molecule has 1 aromatic carbocycles. The normalized spacial score (nSPS) is 22.6. The van der Waals surface area contributed by atoms with Crippen molar-refractivity contribution in [2.45, 2.75) is 31.4 Å². The highest BCUT2D eigenvalue weighted by Crippen LogP contribution is 2.20. The number of fused-ring (bicyclic) bond motifs is 1. The Hall–Kier alpha value is -3.10. The molecular formula is C17H17N3O6. The number of rotatable bonds is 3. The number of H-pyrrole nitrogens is 1. The van der Waals surface area contributed by atoms with Crippen LogP contribution in [0, 0.1) is 0 Å². The van der Waals surface area contributed by atoms with E-state index in [9.17, 15) is 19.2 Å². The molecule has 2 aliphatic rings. The fourth-order valence-electron chi connectivity index (χ4n) is 3.39. The van der Waals surface area contributed by atoms with E-state index in [2.05, 4.69) is 10.3 Å². The minimum absolute atomic E-state index is 0.201. The largest absolute Gasteiger partial charge is 0.452 e. The van der Waals surface area contributed by atoms with E-state index in [0.29, 0.717) is 42.6 Å². The van der Waals surface area contributed by atoms with E-state index < -0.39 is 11.9 Å². The Morgan fingerprint density at radius 3 is 2.85 bits per heavy atom. The molecule has 0 aliphatic carbocycles. The minimum atomic E-state index is -0.739. The summed E-state index contributed by atoms with van der Waals surface area (Å²) in [4.78, 5) is 51.5. The molecule has 2 aromatic rings. The molecule has 26 heavy (non-hydrogen) atoms. The van der Waals surface area contributed by atoms with Gasteiger partial charge in [-0.05, 0) is 18.6 Å². The van der Waals surface area contributed by atoms with E-state index in [1.54, 1.807) is 23.1 Å². The van der Waals surface area contributed by atoms with Crippen LogP contribution < -0.4 is 11.1 Å². The van der Waals surface area contributed by atoms with Crippen LogP contribution in [0.15, 0.2) is 27.4 Å². The number of benzene rings is 1. The molecule has 2 aliphatic heterocycles. The molecule has 0 unspecified atom stereocenters. The van der Waals surface area contributed by atoms with Crippen LogP contribution in [0.5, 0.6) is 0 Å². The number of hydrogen-bond acceptors (Lipinski definition) is 6. The number of amides is 2. The Bertz CT molecular complexity index is 945. The van der Waals surface area contributed by atoms with E-state index in [1.165, 1.54) is 0 Å². The second kappa shape index (κ2) is 6.32. The van der Waals surface area contributed by atoms with Crippen molar-refractivity contribution in [2.24, 2.45) is 0 Å². The highest BCUT2D eigenvalue weighted by molar-refractivity contribution is 6.04. The average molecular weight is 359 g/mol. The van der Waals surface area contributed by atoms with Gasteiger partial charge in [0.25, 0.3) is 11.8 Å². The van der Waals surface area contributed by atoms with Crippen LogP contribution in [-0.4, -0.2) is 52.9 Å². The Labute approximate surface area is 147 Å². The van der Waals surface area contributed by atoms with Gasteiger partial charge in [-0.1, -0.05) is 6.07 Å². The van der Waals surface area contributed by atoms with Gasteiger partial charge in [-0.25, -0.2) is 4.79 Å². The third-order valence-corrected chi connectivity index (χ3v) is 4.68. The molecule has 2 fully saturated rings. The van der Waals surface area contributed by atoms with Crippen LogP contribution in [0.4, 0.5) is 0 Å². The van der Waals surface area contributed by atoms with Crippen LogP contribution >= 0.6 is 0 Å². The van der Waals surface area contributed by atoms with Gasteiger partial charge < -0.3 is 19.4 Å². The first-order valence-electron chi connectivity index (χ1n) is 8.42. The number of cyclic esters (lactones) is 1. The Balaban J connectivity index is 1.43. The number of nitrogens with zero attached hydrogens (tertiary/aromatic N) is 1. The van der Waals surface area contributed by atoms with Gasteiger partial charge in [0, 0.05) is 32.0 Å². The quantitative estimate of drug-likeness (QED) is 0.753. The first-order valence-corrected chi connectivity index (χ1v) is 8.42. The lowest BCUT2D eigenvalue weighted by molar-refractivity contribution is -0.148. The number of aromatic nitrogens is 1. The maximum absolute atomic E-state index is 12.8. The molecule has 2 N–H and O–H groups in total. The lowest BCUT2D eigenvalue weighted by Gasteiger charge is -2.18. The van der Waals surface area contributed by atoms with Crippen molar-refractivity contribution >= 4 is 28.9 Å². The molecule has 0 bridgehead atoms. The zero-order valence-corrected chi connectivity index (χ0v) is 13.8. The third-order valence-electron chi connectivity index (χ3n) is 4.68. The number of nitrogens with one attached hydrogen (secondary N) is 2. The monoisotopic (exact) mass is 359 g/mol. The van der Waals surface area contributed by atoms with Crippen molar-refractivity contribution in [3.8, 4) is 0 Å². The number of aromatic amines is 1. The number of ether oxygens (including phenoxy) is 1. The number of carbonyl (C=O) groups is 3.